The first-order valence-electron chi connectivity index (χ1n) is 6.44. The van der Waals surface area contributed by atoms with Crippen LogP contribution in [0.15, 0.2) is 30.0 Å². The number of pyridine rings is 1. The average Bonchev–Trinajstić information content (AvgIpc) is 2.28. The van der Waals surface area contributed by atoms with E-state index in [2.05, 4.69) is 11.1 Å². The van der Waals surface area contributed by atoms with Gasteiger partial charge in [0.1, 0.15) is 0 Å². The fourth-order valence-corrected chi connectivity index (χ4v) is 2.27. The van der Waals surface area contributed by atoms with Crippen molar-refractivity contribution < 1.29 is 4.79 Å². The van der Waals surface area contributed by atoms with Gasteiger partial charge in [0.25, 0.3) is 0 Å². The highest BCUT2D eigenvalue weighted by atomic mass is 16.1. The fourth-order valence-electron chi connectivity index (χ4n) is 2.27. The summed E-state index contributed by atoms with van der Waals surface area (Å²) in [4.78, 5) is 16.5. The highest BCUT2D eigenvalue weighted by Crippen LogP contribution is 2.20. The monoisotopic (exact) mass is 229 g/mol. The van der Waals surface area contributed by atoms with Crippen LogP contribution >= 0.6 is 0 Å². The predicted molar refractivity (Wildman–Crippen MR) is 69.1 cm³/mol. The van der Waals surface area contributed by atoms with Crippen LogP contribution in [0.4, 0.5) is 0 Å². The minimum atomic E-state index is 0.192. The van der Waals surface area contributed by atoms with E-state index in [1.165, 1.54) is 19.3 Å². The van der Waals surface area contributed by atoms with Crippen LogP contribution in [0.1, 0.15) is 54.6 Å². The normalized spacial score (nSPS) is 19.9. The molecular formula is C15H19NO. The Kier molecular flexibility index (Phi) is 4.08. The molecule has 0 bridgehead atoms. The van der Waals surface area contributed by atoms with Gasteiger partial charge in [-0.15, -0.1) is 0 Å². The number of aryl methyl sites for hydroxylation is 1. The molecule has 0 radical (unpaired) electrons. The molecule has 0 spiro atoms. The molecule has 0 aromatic carbocycles. The van der Waals surface area contributed by atoms with Crippen LogP contribution in [0.5, 0.6) is 0 Å². The van der Waals surface area contributed by atoms with E-state index in [4.69, 9.17) is 0 Å². The zero-order valence-electron chi connectivity index (χ0n) is 10.4. The van der Waals surface area contributed by atoms with E-state index in [0.29, 0.717) is 0 Å². The molecule has 1 aliphatic rings. The molecule has 2 nitrogen and oxygen atoms in total. The minimum Gasteiger partial charge on any atom is -0.289 e. The van der Waals surface area contributed by atoms with Gasteiger partial charge in [-0.3, -0.25) is 9.78 Å². The molecule has 1 aliphatic carbocycles. The van der Waals surface area contributed by atoms with E-state index < -0.39 is 0 Å². The third-order valence-corrected chi connectivity index (χ3v) is 3.24. The Morgan fingerprint density at radius 3 is 2.88 bits per heavy atom. The van der Waals surface area contributed by atoms with Crippen molar-refractivity contribution >= 4 is 5.78 Å². The predicted octanol–water partition coefficient (Wildman–Crippen LogP) is 3.85. The number of nitrogens with zero attached hydrogens (tertiary/aromatic N) is 1. The summed E-state index contributed by atoms with van der Waals surface area (Å²) in [7, 11) is 0. The molecule has 0 aliphatic heterocycles. The topological polar surface area (TPSA) is 30.0 Å². The van der Waals surface area contributed by atoms with Crippen LogP contribution in [0, 0.1) is 6.92 Å². The molecule has 0 unspecified atom stereocenters. The maximum Gasteiger partial charge on any atom is 0.188 e. The fraction of sp³-hybridized carbons (Fsp3) is 0.467. The maximum atomic E-state index is 12.3. The Bertz CT molecular complexity index is 434. The number of carbonyl (C=O) groups is 1. The van der Waals surface area contributed by atoms with Crippen LogP contribution in [-0.4, -0.2) is 10.8 Å². The number of allylic oxidation sites excluding steroid dienone is 2. The second kappa shape index (κ2) is 5.76. The number of ketones is 1. The quantitative estimate of drug-likeness (QED) is 0.721. The molecule has 0 amide bonds. The highest BCUT2D eigenvalue weighted by Gasteiger charge is 2.13. The Balaban J connectivity index is 2.18. The summed E-state index contributed by atoms with van der Waals surface area (Å²) in [5.41, 5.74) is 2.68. The minimum absolute atomic E-state index is 0.192. The first-order chi connectivity index (χ1) is 8.27. The molecule has 2 rings (SSSR count). The van der Waals surface area contributed by atoms with E-state index in [0.717, 1.165) is 36.1 Å². The molecule has 0 saturated carbocycles. The van der Waals surface area contributed by atoms with E-state index >= 15 is 0 Å². The van der Waals surface area contributed by atoms with Gasteiger partial charge in [-0.2, -0.15) is 0 Å². The van der Waals surface area contributed by atoms with Crippen molar-refractivity contribution in [2.24, 2.45) is 0 Å². The average molecular weight is 229 g/mol. The van der Waals surface area contributed by atoms with Crippen LogP contribution in [0.3, 0.4) is 0 Å². The van der Waals surface area contributed by atoms with Gasteiger partial charge in [0.05, 0.1) is 0 Å². The first-order valence-corrected chi connectivity index (χ1v) is 6.44. The summed E-state index contributed by atoms with van der Waals surface area (Å²) in [5, 5.41) is 0. The Morgan fingerprint density at radius 1 is 1.24 bits per heavy atom. The molecular weight excluding hydrogens is 210 g/mol. The van der Waals surface area contributed by atoms with Crippen molar-refractivity contribution in [2.75, 3.05) is 0 Å². The molecule has 0 atom stereocenters. The summed E-state index contributed by atoms with van der Waals surface area (Å²) in [6.07, 6.45) is 10.7. The van der Waals surface area contributed by atoms with Gasteiger partial charge in [-0.05, 0) is 50.3 Å². The number of hydrogen-bond acceptors (Lipinski definition) is 2. The number of carbonyl (C=O) groups excluding carboxylic acids is 1. The lowest BCUT2D eigenvalue weighted by molar-refractivity contribution is 0.102. The van der Waals surface area contributed by atoms with E-state index in [9.17, 15) is 4.79 Å². The lowest BCUT2D eigenvalue weighted by Crippen LogP contribution is -2.05. The molecule has 1 aromatic rings. The lowest BCUT2D eigenvalue weighted by Gasteiger charge is -2.10. The molecule has 1 aromatic heterocycles. The van der Waals surface area contributed by atoms with E-state index in [-0.39, 0.29) is 5.78 Å². The van der Waals surface area contributed by atoms with Gasteiger partial charge in [-0.25, -0.2) is 0 Å². The highest BCUT2D eigenvalue weighted by molar-refractivity contribution is 6.08. The number of Topliss-reactive ketones (excluding diaryl/α,β-unsaturated/α-hetero) is 1. The van der Waals surface area contributed by atoms with Gasteiger partial charge in [0.15, 0.2) is 5.78 Å². The molecule has 0 N–H and O–H groups in total. The molecule has 90 valence electrons. The lowest BCUT2D eigenvalue weighted by atomic mass is 9.94. The summed E-state index contributed by atoms with van der Waals surface area (Å²) < 4.78 is 0. The third-order valence-electron chi connectivity index (χ3n) is 3.24. The number of hydrogen-bond donors (Lipinski definition) is 0. The standard InChI is InChI=1S/C15H19NO/c1-12-11-14(9-10-16-12)15(17)13-7-5-3-2-4-6-8-13/h7,9-11H,2-6,8H2,1H3/b13-7+. The zero-order valence-corrected chi connectivity index (χ0v) is 10.4. The second-order valence-corrected chi connectivity index (χ2v) is 4.70. The van der Waals surface area contributed by atoms with Gasteiger partial charge in [0, 0.05) is 17.5 Å². The van der Waals surface area contributed by atoms with E-state index in [1.807, 2.05) is 19.1 Å². The maximum absolute atomic E-state index is 12.3. The summed E-state index contributed by atoms with van der Waals surface area (Å²) in [6, 6.07) is 3.69. The van der Waals surface area contributed by atoms with Crippen molar-refractivity contribution in [1.82, 2.24) is 4.98 Å². The Morgan fingerprint density at radius 2 is 2.06 bits per heavy atom. The third kappa shape index (κ3) is 3.26. The molecule has 0 fully saturated rings. The zero-order chi connectivity index (χ0) is 12.1. The molecule has 0 saturated heterocycles. The van der Waals surface area contributed by atoms with Crippen molar-refractivity contribution in [2.45, 2.75) is 45.4 Å². The van der Waals surface area contributed by atoms with Crippen LogP contribution in [0.2, 0.25) is 0 Å². The van der Waals surface area contributed by atoms with Crippen molar-refractivity contribution in [3.8, 4) is 0 Å². The molecule has 2 heteroatoms. The number of rotatable bonds is 2. The van der Waals surface area contributed by atoms with Crippen LogP contribution in [0.25, 0.3) is 0 Å². The summed E-state index contributed by atoms with van der Waals surface area (Å²) in [6.45, 7) is 1.92. The van der Waals surface area contributed by atoms with Crippen LogP contribution < -0.4 is 0 Å². The van der Waals surface area contributed by atoms with Crippen LogP contribution in [-0.2, 0) is 0 Å². The Labute approximate surface area is 103 Å². The van der Waals surface area contributed by atoms with E-state index in [1.54, 1.807) is 6.20 Å². The SMILES string of the molecule is Cc1cc(C(=O)/C2=C/CCCCCC2)ccn1. The van der Waals surface area contributed by atoms with Crippen molar-refractivity contribution in [1.29, 1.82) is 0 Å². The van der Waals surface area contributed by atoms with Gasteiger partial charge >= 0.3 is 0 Å². The summed E-state index contributed by atoms with van der Waals surface area (Å²) in [5.74, 6) is 0.192. The molecule has 17 heavy (non-hydrogen) atoms. The summed E-state index contributed by atoms with van der Waals surface area (Å²) >= 11 is 0. The van der Waals surface area contributed by atoms with Crippen molar-refractivity contribution in [3.63, 3.8) is 0 Å². The number of aromatic nitrogens is 1. The van der Waals surface area contributed by atoms with Crippen molar-refractivity contribution in [3.05, 3.63) is 41.2 Å². The van der Waals surface area contributed by atoms with Gasteiger partial charge in [-0.1, -0.05) is 18.9 Å². The molecule has 1 heterocycles. The van der Waals surface area contributed by atoms with Gasteiger partial charge < -0.3 is 0 Å². The van der Waals surface area contributed by atoms with Gasteiger partial charge in [0.2, 0.25) is 0 Å². The first kappa shape index (κ1) is 12.0. The largest absolute Gasteiger partial charge is 0.289 e. The smallest absolute Gasteiger partial charge is 0.188 e. The Hall–Kier alpha value is -1.44. The second-order valence-electron chi connectivity index (χ2n) is 4.70.